The summed E-state index contributed by atoms with van der Waals surface area (Å²) in [6.45, 7) is 1.75. The van der Waals surface area contributed by atoms with Crippen LogP contribution in [0.3, 0.4) is 0 Å². The third-order valence-corrected chi connectivity index (χ3v) is 6.07. The van der Waals surface area contributed by atoms with Gasteiger partial charge in [0, 0.05) is 48.1 Å². The summed E-state index contributed by atoms with van der Waals surface area (Å²) in [4.78, 5) is 0. The molecule has 4 aliphatic rings. The van der Waals surface area contributed by atoms with Gasteiger partial charge in [-0.15, -0.1) is 0 Å². The van der Waals surface area contributed by atoms with Gasteiger partial charge in [0.1, 0.15) is 0 Å². The van der Waals surface area contributed by atoms with Crippen LogP contribution in [-0.4, -0.2) is 66.4 Å². The first-order valence-corrected chi connectivity index (χ1v) is 12.1. The summed E-state index contributed by atoms with van der Waals surface area (Å²) < 4.78 is 30.4. The molecule has 0 radical (unpaired) electrons. The molecule has 2 unspecified atom stereocenters. The van der Waals surface area contributed by atoms with Crippen LogP contribution >= 0.6 is 0 Å². The Morgan fingerprint density at radius 3 is 1.13 bits per heavy atom. The second kappa shape index (κ2) is 19.4. The van der Waals surface area contributed by atoms with Gasteiger partial charge in [0.05, 0.1) is 12.2 Å². The Labute approximate surface area is 185 Å². The highest BCUT2D eigenvalue weighted by atomic mass is 16.7. The fourth-order valence-electron chi connectivity index (χ4n) is 4.06. The lowest BCUT2D eigenvalue weighted by molar-refractivity contribution is -0.145. The molecule has 0 amide bonds. The molecule has 0 aromatic heterocycles. The van der Waals surface area contributed by atoms with Crippen molar-refractivity contribution in [2.24, 2.45) is 0 Å². The van der Waals surface area contributed by atoms with E-state index in [2.05, 4.69) is 0 Å². The van der Waals surface area contributed by atoms with Crippen LogP contribution in [0.5, 0.6) is 0 Å². The van der Waals surface area contributed by atoms with E-state index in [9.17, 15) is 0 Å². The van der Waals surface area contributed by atoms with Crippen molar-refractivity contribution >= 4 is 0 Å². The van der Waals surface area contributed by atoms with E-state index in [1.54, 1.807) is 21.3 Å². The molecule has 2 saturated carbocycles. The Bertz CT molecular complexity index is 310. The van der Waals surface area contributed by atoms with Crippen molar-refractivity contribution in [3.63, 3.8) is 0 Å². The molecule has 0 bridgehead atoms. The molecule has 4 fully saturated rings. The molecular weight excluding hydrogens is 384 g/mol. The lowest BCUT2D eigenvalue weighted by Crippen LogP contribution is -2.20. The predicted molar refractivity (Wildman–Crippen MR) is 120 cm³/mol. The topological polar surface area (TPSA) is 55.4 Å². The van der Waals surface area contributed by atoms with Gasteiger partial charge in [0.15, 0.2) is 12.6 Å². The Morgan fingerprint density at radius 2 is 0.833 bits per heavy atom. The summed E-state index contributed by atoms with van der Waals surface area (Å²) in [5.41, 5.74) is 0. The van der Waals surface area contributed by atoms with Crippen LogP contribution < -0.4 is 0 Å². The molecule has 6 nitrogen and oxygen atoms in total. The molecule has 6 heteroatoms. The summed E-state index contributed by atoms with van der Waals surface area (Å²) >= 11 is 0. The van der Waals surface area contributed by atoms with Crippen LogP contribution in [0.4, 0.5) is 0 Å². The first-order valence-electron chi connectivity index (χ1n) is 12.1. The van der Waals surface area contributed by atoms with Crippen LogP contribution in [0.1, 0.15) is 89.9 Å². The van der Waals surface area contributed by atoms with E-state index in [0.717, 1.165) is 32.5 Å². The normalized spacial score (nSPS) is 27.2. The number of hydrogen-bond acceptors (Lipinski definition) is 6. The fourth-order valence-corrected chi connectivity index (χ4v) is 4.06. The van der Waals surface area contributed by atoms with Crippen molar-refractivity contribution < 1.29 is 28.4 Å². The van der Waals surface area contributed by atoms with E-state index >= 15 is 0 Å². The average molecular weight is 433 g/mol. The molecule has 2 atom stereocenters. The number of methoxy groups -OCH3 is 4. The Kier molecular flexibility index (Phi) is 18.0. The molecule has 180 valence electrons. The van der Waals surface area contributed by atoms with E-state index in [1.807, 2.05) is 7.11 Å². The Hall–Kier alpha value is -0.240. The van der Waals surface area contributed by atoms with Crippen molar-refractivity contribution in [1.82, 2.24) is 0 Å². The van der Waals surface area contributed by atoms with Crippen LogP contribution in [0, 0.1) is 0 Å². The van der Waals surface area contributed by atoms with E-state index in [1.165, 1.54) is 70.6 Å². The Morgan fingerprint density at radius 1 is 0.433 bits per heavy atom. The number of hydrogen-bond donors (Lipinski definition) is 0. The van der Waals surface area contributed by atoms with Crippen molar-refractivity contribution in [3.05, 3.63) is 0 Å². The van der Waals surface area contributed by atoms with Gasteiger partial charge in [0.2, 0.25) is 0 Å². The van der Waals surface area contributed by atoms with Gasteiger partial charge < -0.3 is 28.4 Å². The summed E-state index contributed by atoms with van der Waals surface area (Å²) in [7, 11) is 6.98. The van der Waals surface area contributed by atoms with E-state index in [4.69, 9.17) is 28.4 Å². The maximum Gasteiger partial charge on any atom is 0.157 e. The SMILES string of the molecule is COC1CCCC1.COC1CCCCC1.COC1CCCCO1.COC1CCCO1. The molecule has 30 heavy (non-hydrogen) atoms. The molecule has 2 aliphatic carbocycles. The summed E-state index contributed by atoms with van der Waals surface area (Å²) in [6.07, 6.45) is 19.2. The molecule has 2 aliphatic heterocycles. The molecular formula is C24H48O6. The molecule has 0 N–H and O–H groups in total. The van der Waals surface area contributed by atoms with Crippen molar-refractivity contribution in [2.45, 2.75) is 115 Å². The maximum absolute atomic E-state index is 5.20. The van der Waals surface area contributed by atoms with Gasteiger partial charge in [-0.05, 0) is 51.4 Å². The van der Waals surface area contributed by atoms with Crippen LogP contribution in [0.2, 0.25) is 0 Å². The third kappa shape index (κ3) is 13.9. The van der Waals surface area contributed by atoms with Gasteiger partial charge in [0.25, 0.3) is 0 Å². The van der Waals surface area contributed by atoms with Gasteiger partial charge in [-0.2, -0.15) is 0 Å². The van der Waals surface area contributed by atoms with Crippen molar-refractivity contribution in [1.29, 1.82) is 0 Å². The molecule has 2 heterocycles. The summed E-state index contributed by atoms with van der Waals surface area (Å²) in [5.74, 6) is 0. The number of ether oxygens (including phenoxy) is 6. The fraction of sp³-hybridized carbons (Fsp3) is 1.00. The molecule has 0 aromatic carbocycles. The zero-order valence-electron chi connectivity index (χ0n) is 20.1. The van der Waals surface area contributed by atoms with Gasteiger partial charge in [-0.1, -0.05) is 32.1 Å². The zero-order valence-corrected chi connectivity index (χ0v) is 20.1. The third-order valence-electron chi connectivity index (χ3n) is 6.07. The standard InChI is InChI=1S/C7H14O.C6H12O2.C6H12O.C5H10O2/c1-8-7-5-3-2-4-6-7;1-7-6-4-2-3-5-8-6;1-7-6-4-2-3-5-6;1-6-5-3-2-4-7-5/h7H,2-6H2,1H3;6H,2-5H2,1H3;6H,2-5H2,1H3;5H,2-4H2,1H3. The van der Waals surface area contributed by atoms with Crippen molar-refractivity contribution in [3.8, 4) is 0 Å². The van der Waals surface area contributed by atoms with Crippen molar-refractivity contribution in [2.75, 3.05) is 41.7 Å². The largest absolute Gasteiger partial charge is 0.381 e. The van der Waals surface area contributed by atoms with Crippen LogP contribution in [-0.2, 0) is 28.4 Å². The number of rotatable bonds is 4. The summed E-state index contributed by atoms with van der Waals surface area (Å²) in [6, 6.07) is 0. The van der Waals surface area contributed by atoms with Gasteiger partial charge in [-0.3, -0.25) is 0 Å². The highest BCUT2D eigenvalue weighted by Crippen LogP contribution is 2.20. The lowest BCUT2D eigenvalue weighted by atomic mass is 9.98. The van der Waals surface area contributed by atoms with Crippen LogP contribution in [0.25, 0.3) is 0 Å². The molecule has 4 rings (SSSR count). The quantitative estimate of drug-likeness (QED) is 0.587. The first kappa shape index (κ1) is 27.8. The maximum atomic E-state index is 5.20. The Balaban J connectivity index is 0.000000200. The zero-order chi connectivity index (χ0) is 21.9. The van der Waals surface area contributed by atoms with E-state index in [0.29, 0.717) is 12.2 Å². The minimum atomic E-state index is 0.0868. The van der Waals surface area contributed by atoms with Gasteiger partial charge in [-0.25, -0.2) is 0 Å². The second-order valence-electron chi connectivity index (χ2n) is 8.35. The highest BCUT2D eigenvalue weighted by Gasteiger charge is 2.13. The summed E-state index contributed by atoms with van der Waals surface area (Å²) in [5, 5.41) is 0. The molecule has 0 aromatic rings. The van der Waals surface area contributed by atoms with Gasteiger partial charge >= 0.3 is 0 Å². The van der Waals surface area contributed by atoms with Crippen LogP contribution in [0.15, 0.2) is 0 Å². The second-order valence-corrected chi connectivity index (χ2v) is 8.35. The first-order chi connectivity index (χ1) is 14.7. The smallest absolute Gasteiger partial charge is 0.157 e. The molecule has 0 spiro atoms. The average Bonchev–Trinajstić information content (AvgIpc) is 3.55. The molecule has 2 saturated heterocycles. The van der Waals surface area contributed by atoms with E-state index < -0.39 is 0 Å². The monoisotopic (exact) mass is 432 g/mol. The minimum Gasteiger partial charge on any atom is -0.381 e. The van der Waals surface area contributed by atoms with E-state index in [-0.39, 0.29) is 12.6 Å². The minimum absolute atomic E-state index is 0.0868. The lowest BCUT2D eigenvalue weighted by Gasteiger charge is -2.20. The highest BCUT2D eigenvalue weighted by molar-refractivity contribution is 4.65. The predicted octanol–water partition coefficient (Wildman–Crippen LogP) is 5.47.